The molecule has 2 fully saturated rings. The maximum absolute atomic E-state index is 12.1. The number of carbonyl (C=O) groups excluding carboxylic acids is 1. The number of likely N-dealkylation sites (tertiary alicyclic amines) is 1. The zero-order valence-electron chi connectivity index (χ0n) is 15.8. The van der Waals surface area contributed by atoms with Crippen molar-refractivity contribution in [2.24, 2.45) is 0 Å². The average molecular weight is 370 g/mol. The number of rotatable bonds is 4. The first-order valence-electron chi connectivity index (χ1n) is 9.89. The smallest absolute Gasteiger partial charge is 0.324 e. The van der Waals surface area contributed by atoms with E-state index < -0.39 is 0 Å². The van der Waals surface area contributed by atoms with Gasteiger partial charge in [0.25, 0.3) is 0 Å². The molecule has 5 heterocycles. The second-order valence-corrected chi connectivity index (χ2v) is 7.88. The minimum atomic E-state index is 0.0530. The highest BCUT2D eigenvalue weighted by molar-refractivity contribution is 5.93. The fourth-order valence-corrected chi connectivity index (χ4v) is 4.26. The van der Waals surface area contributed by atoms with E-state index in [1.807, 2.05) is 17.9 Å². The highest BCUT2D eigenvalue weighted by atomic mass is 16.2. The van der Waals surface area contributed by atoms with Crippen molar-refractivity contribution in [1.29, 1.82) is 0 Å². The van der Waals surface area contributed by atoms with Crippen LogP contribution in [0.3, 0.4) is 0 Å². The molecule has 2 saturated heterocycles. The van der Waals surface area contributed by atoms with Gasteiger partial charge in [-0.25, -0.2) is 4.79 Å². The van der Waals surface area contributed by atoms with Crippen LogP contribution in [0.5, 0.6) is 0 Å². The molecule has 0 aliphatic carbocycles. The Morgan fingerprint density at radius 3 is 2.81 bits per heavy atom. The van der Waals surface area contributed by atoms with E-state index in [1.54, 1.807) is 16.0 Å². The molecule has 0 unspecified atom stereocenters. The van der Waals surface area contributed by atoms with Gasteiger partial charge in [-0.2, -0.15) is 5.10 Å². The molecule has 2 aromatic heterocycles. The molecule has 3 aliphatic heterocycles. The summed E-state index contributed by atoms with van der Waals surface area (Å²) in [5, 5.41) is 13.3. The molecule has 0 bridgehead atoms. The summed E-state index contributed by atoms with van der Waals surface area (Å²) in [6.07, 6.45) is 8.59. The second kappa shape index (κ2) is 6.63. The number of carbonyl (C=O) groups is 1. The van der Waals surface area contributed by atoms with E-state index in [1.165, 1.54) is 19.3 Å². The number of anilines is 1. The Kier molecular flexibility index (Phi) is 4.11. The third kappa shape index (κ3) is 2.99. The number of nitrogens with zero attached hydrogens (tertiary/aromatic N) is 8. The van der Waals surface area contributed by atoms with Crippen LogP contribution in [0.25, 0.3) is 0 Å². The Morgan fingerprint density at radius 2 is 2.00 bits per heavy atom. The molecule has 27 heavy (non-hydrogen) atoms. The third-order valence-electron chi connectivity index (χ3n) is 5.98. The van der Waals surface area contributed by atoms with Gasteiger partial charge in [0, 0.05) is 52.4 Å². The Hall–Kier alpha value is -2.42. The first kappa shape index (κ1) is 16.7. The topological polar surface area (TPSA) is 75.3 Å². The molecule has 0 atom stereocenters. The Labute approximate surface area is 158 Å². The lowest BCUT2D eigenvalue weighted by atomic mass is 10.1. The van der Waals surface area contributed by atoms with Crippen LogP contribution in [0.15, 0.2) is 12.4 Å². The third-order valence-corrected chi connectivity index (χ3v) is 5.98. The summed E-state index contributed by atoms with van der Waals surface area (Å²) in [6, 6.07) is 0.415. The lowest BCUT2D eigenvalue weighted by Gasteiger charge is -2.38. The lowest BCUT2D eigenvalue weighted by Crippen LogP contribution is -2.47. The van der Waals surface area contributed by atoms with Gasteiger partial charge < -0.3 is 9.47 Å². The number of fused-ring (bicyclic) bond motifs is 1. The van der Waals surface area contributed by atoms with Gasteiger partial charge in [0.15, 0.2) is 0 Å². The number of aromatic nitrogens is 5. The van der Waals surface area contributed by atoms with Gasteiger partial charge in [0.05, 0.1) is 24.5 Å². The van der Waals surface area contributed by atoms with Gasteiger partial charge >= 0.3 is 6.03 Å². The number of hydrogen-bond acceptors (Lipinski definition) is 5. The van der Waals surface area contributed by atoms with Crippen molar-refractivity contribution < 1.29 is 4.79 Å². The maximum atomic E-state index is 12.1. The standard InChI is InChI=1S/C18H26N8O/c1-22-7-8-24(18(22)27)14-9-19-26(12-14)15-10-23(11-15)13-17-21-20-16-5-3-2-4-6-25(16)17/h9,12,15H,2-8,10-11,13H2,1H3. The number of hydrogen-bond donors (Lipinski definition) is 0. The van der Waals surface area contributed by atoms with Gasteiger partial charge in [-0.05, 0) is 12.8 Å². The van der Waals surface area contributed by atoms with Crippen molar-refractivity contribution in [3.63, 3.8) is 0 Å². The predicted molar refractivity (Wildman–Crippen MR) is 99.5 cm³/mol. The monoisotopic (exact) mass is 370 g/mol. The van der Waals surface area contributed by atoms with Gasteiger partial charge in [0.1, 0.15) is 11.6 Å². The summed E-state index contributed by atoms with van der Waals surface area (Å²) in [6.45, 7) is 5.32. The summed E-state index contributed by atoms with van der Waals surface area (Å²) >= 11 is 0. The molecule has 9 nitrogen and oxygen atoms in total. The molecule has 2 amide bonds. The van der Waals surface area contributed by atoms with E-state index >= 15 is 0 Å². The zero-order chi connectivity index (χ0) is 18.4. The summed E-state index contributed by atoms with van der Waals surface area (Å²) in [5.74, 6) is 2.24. The summed E-state index contributed by atoms with van der Waals surface area (Å²) in [5.41, 5.74) is 0.894. The highest BCUT2D eigenvalue weighted by Gasteiger charge is 2.32. The van der Waals surface area contributed by atoms with Crippen molar-refractivity contribution in [2.45, 2.75) is 44.8 Å². The van der Waals surface area contributed by atoms with Crippen LogP contribution in [0.1, 0.15) is 37.0 Å². The molecule has 0 spiro atoms. The van der Waals surface area contributed by atoms with E-state index in [-0.39, 0.29) is 6.03 Å². The van der Waals surface area contributed by atoms with Crippen molar-refractivity contribution >= 4 is 11.7 Å². The SMILES string of the molecule is CN1CCN(c2cnn(C3CN(Cc4nnc5n4CCCCC5)C3)c2)C1=O. The highest BCUT2D eigenvalue weighted by Crippen LogP contribution is 2.26. The van der Waals surface area contributed by atoms with Crippen LogP contribution < -0.4 is 4.90 Å². The fraction of sp³-hybridized carbons (Fsp3) is 0.667. The summed E-state index contributed by atoms with van der Waals surface area (Å²) in [7, 11) is 1.84. The summed E-state index contributed by atoms with van der Waals surface area (Å²) in [4.78, 5) is 18.1. The van der Waals surface area contributed by atoms with Crippen LogP contribution >= 0.6 is 0 Å². The number of aryl methyl sites for hydroxylation is 1. The molecular weight excluding hydrogens is 344 g/mol. The average Bonchev–Trinajstić information content (AvgIpc) is 3.28. The fourth-order valence-electron chi connectivity index (χ4n) is 4.26. The Morgan fingerprint density at radius 1 is 1.11 bits per heavy atom. The molecule has 0 N–H and O–H groups in total. The first-order chi connectivity index (χ1) is 13.2. The maximum Gasteiger partial charge on any atom is 0.324 e. The van der Waals surface area contributed by atoms with Crippen LogP contribution in [-0.4, -0.2) is 73.6 Å². The molecule has 0 aromatic carbocycles. The van der Waals surface area contributed by atoms with Crippen LogP contribution in [-0.2, 0) is 19.5 Å². The normalized spacial score (nSPS) is 21.4. The molecule has 9 heteroatoms. The molecule has 0 radical (unpaired) electrons. The Bertz CT molecular complexity index is 836. The molecule has 2 aromatic rings. The largest absolute Gasteiger partial charge is 0.326 e. The first-order valence-corrected chi connectivity index (χ1v) is 9.89. The zero-order valence-corrected chi connectivity index (χ0v) is 15.8. The molecule has 0 saturated carbocycles. The van der Waals surface area contributed by atoms with E-state index in [0.717, 1.165) is 63.0 Å². The molecule has 144 valence electrons. The second-order valence-electron chi connectivity index (χ2n) is 7.88. The van der Waals surface area contributed by atoms with Gasteiger partial charge in [-0.3, -0.25) is 14.5 Å². The quantitative estimate of drug-likeness (QED) is 0.806. The molecular formula is C18H26N8O. The van der Waals surface area contributed by atoms with E-state index in [9.17, 15) is 4.79 Å². The lowest BCUT2D eigenvalue weighted by molar-refractivity contribution is 0.0866. The van der Waals surface area contributed by atoms with Gasteiger partial charge in [-0.15, -0.1) is 10.2 Å². The van der Waals surface area contributed by atoms with Crippen molar-refractivity contribution in [3.05, 3.63) is 24.0 Å². The van der Waals surface area contributed by atoms with E-state index in [4.69, 9.17) is 0 Å². The minimum Gasteiger partial charge on any atom is -0.326 e. The Balaban J connectivity index is 1.20. The molecule has 5 rings (SSSR count). The van der Waals surface area contributed by atoms with Crippen LogP contribution in [0.2, 0.25) is 0 Å². The van der Waals surface area contributed by atoms with Crippen LogP contribution in [0.4, 0.5) is 10.5 Å². The van der Waals surface area contributed by atoms with E-state index in [0.29, 0.717) is 6.04 Å². The van der Waals surface area contributed by atoms with E-state index in [2.05, 4.69) is 24.8 Å². The predicted octanol–water partition coefficient (Wildman–Crippen LogP) is 1.13. The van der Waals surface area contributed by atoms with Crippen molar-refractivity contribution in [3.8, 4) is 0 Å². The van der Waals surface area contributed by atoms with Crippen LogP contribution in [0, 0.1) is 0 Å². The minimum absolute atomic E-state index is 0.0530. The van der Waals surface area contributed by atoms with Gasteiger partial charge in [-0.1, -0.05) is 6.42 Å². The summed E-state index contributed by atoms with van der Waals surface area (Å²) < 4.78 is 4.32. The van der Waals surface area contributed by atoms with Gasteiger partial charge in [0.2, 0.25) is 0 Å². The number of amides is 2. The number of likely N-dealkylation sites (N-methyl/N-ethyl adjacent to an activating group) is 1. The van der Waals surface area contributed by atoms with Crippen molar-refractivity contribution in [1.82, 2.24) is 34.3 Å². The van der Waals surface area contributed by atoms with Crippen molar-refractivity contribution in [2.75, 3.05) is 38.1 Å². The molecule has 3 aliphatic rings. The number of urea groups is 1.